The fourth-order valence-electron chi connectivity index (χ4n) is 5.24. The molecule has 0 bridgehead atoms. The molecular weight excluding hydrogens is 570 g/mol. The average Bonchev–Trinajstić information content (AvgIpc) is 2.98. The fraction of sp³-hybridized carbons (Fsp3) is 0.865. The molecule has 0 rings (SSSR count). The van der Waals surface area contributed by atoms with E-state index >= 15 is 0 Å². The zero-order valence-electron chi connectivity index (χ0n) is 29.8. The molecule has 0 saturated carbocycles. The molecule has 45 heavy (non-hydrogen) atoms. The van der Waals surface area contributed by atoms with Gasteiger partial charge >= 0.3 is 11.9 Å². The summed E-state index contributed by atoms with van der Waals surface area (Å²) in [7, 11) is 5.38. The smallest absolute Gasteiger partial charge is 0.306 e. The number of esters is 2. The number of aliphatic carboxylic acids is 1. The van der Waals surface area contributed by atoms with Gasteiger partial charge in [-0.25, -0.2) is 0 Å². The van der Waals surface area contributed by atoms with Crippen LogP contribution in [0.5, 0.6) is 0 Å². The first kappa shape index (κ1) is 43.1. The molecule has 0 aromatic rings. The maximum absolute atomic E-state index is 12.5. The standard InChI is InChI=1S/C37H69NO7/c1-6-8-10-11-12-13-14-15-16-17-18-19-20-21-22-23-24-26-28-36(40)45-33(32-44-35(39)27-25-9-7-2)31-43-30-29-34(37(41)42)38(3,4)5/h16-17,33-34H,6-15,18-32H2,1-5H3/b17-16-. The highest BCUT2D eigenvalue weighted by Gasteiger charge is 2.25. The number of quaternary nitrogens is 1. The number of hydrogen-bond donors (Lipinski definition) is 0. The van der Waals surface area contributed by atoms with Gasteiger partial charge in [-0.2, -0.15) is 0 Å². The van der Waals surface area contributed by atoms with E-state index in [1.807, 2.05) is 0 Å². The van der Waals surface area contributed by atoms with Crippen LogP contribution in [0.25, 0.3) is 0 Å². The molecule has 8 heteroatoms. The van der Waals surface area contributed by atoms with Crippen LogP contribution in [-0.4, -0.2) is 75.5 Å². The number of carbonyl (C=O) groups excluding carboxylic acids is 3. The Morgan fingerprint density at radius 3 is 1.64 bits per heavy atom. The number of ether oxygens (including phenoxy) is 3. The monoisotopic (exact) mass is 640 g/mol. The predicted octanol–water partition coefficient (Wildman–Crippen LogP) is 7.46. The van der Waals surface area contributed by atoms with Crippen molar-refractivity contribution in [2.75, 3.05) is 41.0 Å². The molecule has 0 aliphatic rings. The predicted molar refractivity (Wildman–Crippen MR) is 181 cm³/mol. The third-order valence-electron chi connectivity index (χ3n) is 8.15. The highest BCUT2D eigenvalue weighted by atomic mass is 16.6. The minimum atomic E-state index is -1.13. The van der Waals surface area contributed by atoms with Gasteiger partial charge < -0.3 is 28.6 Å². The van der Waals surface area contributed by atoms with Gasteiger partial charge in [0.25, 0.3) is 0 Å². The van der Waals surface area contributed by atoms with Crippen LogP contribution in [0.15, 0.2) is 12.2 Å². The Labute approximate surface area is 276 Å². The number of carboxylic acids is 1. The minimum Gasteiger partial charge on any atom is -0.544 e. The SMILES string of the molecule is CCCCCCCCC/C=C\CCCCCCCCCC(=O)OC(COCCC(C(=O)[O-])[N+](C)(C)C)COC(=O)CCCCC. The van der Waals surface area contributed by atoms with Crippen molar-refractivity contribution in [3.05, 3.63) is 12.2 Å². The second-order valence-corrected chi connectivity index (χ2v) is 13.5. The van der Waals surface area contributed by atoms with Crippen molar-refractivity contribution in [1.29, 1.82) is 0 Å². The Hall–Kier alpha value is -1.93. The van der Waals surface area contributed by atoms with Gasteiger partial charge in [0.1, 0.15) is 12.6 Å². The lowest BCUT2D eigenvalue weighted by Gasteiger charge is -2.34. The first-order chi connectivity index (χ1) is 21.6. The van der Waals surface area contributed by atoms with Crippen molar-refractivity contribution in [3.8, 4) is 0 Å². The molecule has 0 radical (unpaired) electrons. The number of allylic oxidation sites excluding steroid dienone is 2. The molecule has 0 aliphatic heterocycles. The van der Waals surface area contributed by atoms with Gasteiger partial charge in [0.2, 0.25) is 0 Å². The van der Waals surface area contributed by atoms with Crippen molar-refractivity contribution < 1.29 is 38.2 Å². The lowest BCUT2D eigenvalue weighted by Crippen LogP contribution is -2.55. The molecule has 0 aromatic heterocycles. The van der Waals surface area contributed by atoms with E-state index < -0.39 is 18.1 Å². The Bertz CT molecular complexity index is 762. The minimum absolute atomic E-state index is 0.0409. The van der Waals surface area contributed by atoms with Gasteiger partial charge in [-0.05, 0) is 38.5 Å². The largest absolute Gasteiger partial charge is 0.544 e. The van der Waals surface area contributed by atoms with Gasteiger partial charge in [0.15, 0.2) is 6.10 Å². The zero-order valence-corrected chi connectivity index (χ0v) is 29.8. The molecule has 0 aromatic carbocycles. The summed E-state index contributed by atoms with van der Waals surface area (Å²) in [5.41, 5.74) is 0. The van der Waals surface area contributed by atoms with Gasteiger partial charge in [-0.3, -0.25) is 9.59 Å². The van der Waals surface area contributed by atoms with Crippen LogP contribution in [0.2, 0.25) is 0 Å². The molecule has 0 heterocycles. The number of carbonyl (C=O) groups is 3. The van der Waals surface area contributed by atoms with E-state index in [1.54, 1.807) is 21.1 Å². The number of likely N-dealkylation sites (N-methyl/N-ethyl adjacent to an activating group) is 1. The number of carboxylic acid groups (broad SMARTS) is 1. The van der Waals surface area contributed by atoms with Crippen LogP contribution in [0.3, 0.4) is 0 Å². The second-order valence-electron chi connectivity index (χ2n) is 13.5. The van der Waals surface area contributed by atoms with Crippen LogP contribution in [-0.2, 0) is 28.6 Å². The molecule has 2 atom stereocenters. The van der Waals surface area contributed by atoms with E-state index in [2.05, 4.69) is 26.0 Å². The van der Waals surface area contributed by atoms with E-state index in [9.17, 15) is 19.5 Å². The van der Waals surface area contributed by atoms with Gasteiger partial charge in [-0.15, -0.1) is 0 Å². The number of nitrogens with zero attached hydrogens (tertiary/aromatic N) is 1. The normalized spacial score (nSPS) is 13.2. The molecule has 0 spiro atoms. The maximum Gasteiger partial charge on any atom is 0.306 e. The average molecular weight is 640 g/mol. The molecule has 8 nitrogen and oxygen atoms in total. The Morgan fingerprint density at radius 2 is 1.11 bits per heavy atom. The Morgan fingerprint density at radius 1 is 0.644 bits per heavy atom. The van der Waals surface area contributed by atoms with E-state index in [-0.39, 0.29) is 42.7 Å². The highest BCUT2D eigenvalue weighted by Crippen LogP contribution is 2.13. The Kier molecular flexibility index (Phi) is 28.2. The van der Waals surface area contributed by atoms with Gasteiger partial charge in [0, 0.05) is 19.3 Å². The summed E-state index contributed by atoms with van der Waals surface area (Å²) in [4.78, 5) is 36.1. The molecule has 2 unspecified atom stereocenters. The lowest BCUT2D eigenvalue weighted by molar-refractivity contribution is -0.889. The quantitative estimate of drug-likeness (QED) is 0.0326. The van der Waals surface area contributed by atoms with Crippen molar-refractivity contribution in [3.63, 3.8) is 0 Å². The Balaban J connectivity index is 4.17. The number of rotatable bonds is 32. The number of unbranched alkanes of at least 4 members (excludes halogenated alkanes) is 16. The molecule has 0 fully saturated rings. The van der Waals surface area contributed by atoms with Crippen molar-refractivity contribution >= 4 is 17.9 Å². The summed E-state index contributed by atoms with van der Waals surface area (Å²) < 4.78 is 16.8. The third-order valence-corrected chi connectivity index (χ3v) is 8.15. The lowest BCUT2D eigenvalue weighted by atomic mass is 10.1. The topological polar surface area (TPSA) is 102 Å². The van der Waals surface area contributed by atoms with Crippen LogP contribution >= 0.6 is 0 Å². The maximum atomic E-state index is 12.5. The van der Waals surface area contributed by atoms with Crippen molar-refractivity contribution in [1.82, 2.24) is 0 Å². The first-order valence-corrected chi connectivity index (χ1v) is 18.2. The van der Waals surface area contributed by atoms with E-state index in [4.69, 9.17) is 14.2 Å². The number of hydrogen-bond acceptors (Lipinski definition) is 7. The van der Waals surface area contributed by atoms with Gasteiger partial charge in [0.05, 0.1) is 40.3 Å². The second kappa shape index (κ2) is 29.5. The van der Waals surface area contributed by atoms with Crippen molar-refractivity contribution in [2.24, 2.45) is 0 Å². The summed E-state index contributed by atoms with van der Waals surface area (Å²) in [6, 6.07) is -0.719. The molecular formula is C37H69NO7. The summed E-state index contributed by atoms with van der Waals surface area (Å²) in [5.74, 6) is -1.77. The summed E-state index contributed by atoms with van der Waals surface area (Å²) >= 11 is 0. The van der Waals surface area contributed by atoms with Crippen LogP contribution in [0.4, 0.5) is 0 Å². The van der Waals surface area contributed by atoms with Crippen LogP contribution < -0.4 is 5.11 Å². The summed E-state index contributed by atoms with van der Waals surface area (Å²) in [6.45, 7) is 4.48. The highest BCUT2D eigenvalue weighted by molar-refractivity contribution is 5.70. The molecule has 264 valence electrons. The fourth-order valence-corrected chi connectivity index (χ4v) is 5.24. The first-order valence-electron chi connectivity index (χ1n) is 18.2. The summed E-state index contributed by atoms with van der Waals surface area (Å²) in [5, 5.41) is 11.5. The zero-order chi connectivity index (χ0) is 33.6. The molecule has 0 N–H and O–H groups in total. The van der Waals surface area contributed by atoms with Crippen molar-refractivity contribution in [2.45, 2.75) is 167 Å². The van der Waals surface area contributed by atoms with Gasteiger partial charge in [-0.1, -0.05) is 109 Å². The van der Waals surface area contributed by atoms with E-state index in [0.29, 0.717) is 12.8 Å². The summed E-state index contributed by atoms with van der Waals surface area (Å²) in [6.07, 6.45) is 27.3. The third kappa shape index (κ3) is 28.1. The van der Waals surface area contributed by atoms with E-state index in [0.717, 1.165) is 38.5 Å². The van der Waals surface area contributed by atoms with Crippen LogP contribution in [0.1, 0.15) is 155 Å². The van der Waals surface area contributed by atoms with E-state index in [1.165, 1.54) is 83.5 Å². The molecule has 0 saturated heterocycles. The van der Waals surface area contributed by atoms with Crippen LogP contribution in [0, 0.1) is 0 Å². The molecule has 0 aliphatic carbocycles. The molecule has 0 amide bonds.